The first-order valence-electron chi connectivity index (χ1n) is 7.24. The largest absolute Gasteiger partial charge is 0.492 e. The number of ether oxygens (including phenoxy) is 1. The Morgan fingerprint density at radius 2 is 1.78 bits per heavy atom. The van der Waals surface area contributed by atoms with Crippen LogP contribution in [0.1, 0.15) is 18.1 Å². The van der Waals surface area contributed by atoms with Gasteiger partial charge in [0.25, 0.3) is 10.0 Å². The molecule has 0 unspecified atom stereocenters. The molecule has 23 heavy (non-hydrogen) atoms. The summed E-state index contributed by atoms with van der Waals surface area (Å²) in [4.78, 5) is 0.0896. The van der Waals surface area contributed by atoms with E-state index in [0.29, 0.717) is 23.4 Å². The van der Waals surface area contributed by atoms with Gasteiger partial charge in [0.15, 0.2) is 0 Å². The average Bonchev–Trinajstić information content (AvgIpc) is 2.92. The number of hydrogen-bond acceptors (Lipinski definition) is 5. The normalized spacial score (nSPS) is 11.8. The molecule has 3 rings (SSSR count). The molecule has 0 radical (unpaired) electrons. The summed E-state index contributed by atoms with van der Waals surface area (Å²) in [5.74, 6) is 0.314. The maximum absolute atomic E-state index is 13.0. The summed E-state index contributed by atoms with van der Waals surface area (Å²) in [5, 5.41) is 7.80. The van der Waals surface area contributed by atoms with Gasteiger partial charge in [-0.2, -0.15) is 8.42 Å². The van der Waals surface area contributed by atoms with Crippen LogP contribution in [0.2, 0.25) is 0 Å². The summed E-state index contributed by atoms with van der Waals surface area (Å²) >= 11 is 0. The van der Waals surface area contributed by atoms with Gasteiger partial charge in [-0.1, -0.05) is 17.3 Å². The minimum Gasteiger partial charge on any atom is -0.492 e. The number of nitrogens with zero attached hydrogens (tertiary/aromatic N) is 3. The van der Waals surface area contributed by atoms with Gasteiger partial charge in [0.05, 0.1) is 6.61 Å². The zero-order valence-electron chi connectivity index (χ0n) is 13.1. The third kappa shape index (κ3) is 2.68. The molecule has 7 heteroatoms. The molecule has 0 atom stereocenters. The molecule has 0 aliphatic heterocycles. The minimum absolute atomic E-state index is 0.0896. The molecule has 6 nitrogen and oxygen atoms in total. The number of benzene rings is 2. The van der Waals surface area contributed by atoms with Crippen LogP contribution in [-0.4, -0.2) is 29.4 Å². The first kappa shape index (κ1) is 15.5. The van der Waals surface area contributed by atoms with Gasteiger partial charge in [-0.05, 0) is 56.2 Å². The average molecular weight is 331 g/mol. The van der Waals surface area contributed by atoms with Gasteiger partial charge >= 0.3 is 0 Å². The Morgan fingerprint density at radius 1 is 1.09 bits per heavy atom. The van der Waals surface area contributed by atoms with E-state index in [2.05, 4.69) is 10.3 Å². The van der Waals surface area contributed by atoms with Gasteiger partial charge in [0.2, 0.25) is 0 Å². The van der Waals surface area contributed by atoms with Crippen molar-refractivity contribution < 1.29 is 13.2 Å². The Bertz CT molecular complexity index is 977. The monoisotopic (exact) mass is 331 g/mol. The van der Waals surface area contributed by atoms with Crippen LogP contribution in [0.15, 0.2) is 41.3 Å². The number of aromatic nitrogens is 3. The topological polar surface area (TPSA) is 74.1 Å². The smallest absolute Gasteiger partial charge is 0.288 e. The highest BCUT2D eigenvalue weighted by molar-refractivity contribution is 7.90. The number of rotatable bonds is 4. The van der Waals surface area contributed by atoms with Gasteiger partial charge in [0.1, 0.15) is 21.7 Å². The molecule has 120 valence electrons. The molecule has 3 aromatic rings. The molecule has 2 aromatic carbocycles. The number of aryl methyl sites for hydroxylation is 2. The molecular formula is C16H17N3O3S. The SMILES string of the molecule is CCOc1ccc(C)cc1S(=O)(=O)n1nnc2cc(C)ccc21. The van der Waals surface area contributed by atoms with E-state index in [-0.39, 0.29) is 4.90 Å². The molecule has 1 heterocycles. The van der Waals surface area contributed by atoms with E-state index < -0.39 is 10.0 Å². The lowest BCUT2D eigenvalue weighted by atomic mass is 10.2. The summed E-state index contributed by atoms with van der Waals surface area (Å²) in [6, 6.07) is 10.4. The summed E-state index contributed by atoms with van der Waals surface area (Å²) in [7, 11) is -3.89. The van der Waals surface area contributed by atoms with Gasteiger partial charge in [0, 0.05) is 0 Å². The van der Waals surface area contributed by atoms with Gasteiger partial charge in [-0.25, -0.2) is 0 Å². The third-order valence-corrected chi connectivity index (χ3v) is 5.08. The van der Waals surface area contributed by atoms with Gasteiger partial charge in [-0.15, -0.1) is 9.19 Å². The Morgan fingerprint density at radius 3 is 2.52 bits per heavy atom. The Balaban J connectivity index is 2.23. The van der Waals surface area contributed by atoms with Gasteiger partial charge in [-0.3, -0.25) is 0 Å². The van der Waals surface area contributed by atoms with E-state index >= 15 is 0 Å². The fourth-order valence-corrected chi connectivity index (χ4v) is 3.82. The molecule has 0 saturated heterocycles. The van der Waals surface area contributed by atoms with E-state index in [4.69, 9.17) is 4.74 Å². The molecule has 0 aliphatic carbocycles. The fourth-order valence-electron chi connectivity index (χ4n) is 2.37. The van der Waals surface area contributed by atoms with Crippen LogP contribution in [0.5, 0.6) is 5.75 Å². The van der Waals surface area contributed by atoms with Crippen molar-refractivity contribution in [2.24, 2.45) is 0 Å². The molecule has 0 saturated carbocycles. The lowest BCUT2D eigenvalue weighted by molar-refractivity contribution is 0.331. The Kier molecular flexibility index (Phi) is 3.81. The lowest BCUT2D eigenvalue weighted by Gasteiger charge is -2.12. The second kappa shape index (κ2) is 5.66. The Hall–Kier alpha value is -2.41. The van der Waals surface area contributed by atoms with E-state index in [1.165, 1.54) is 0 Å². The predicted octanol–water partition coefficient (Wildman–Crippen LogP) is 2.68. The standard InChI is InChI=1S/C16H17N3O3S/c1-4-22-15-8-6-12(3)10-16(15)23(20,21)19-14-7-5-11(2)9-13(14)17-18-19/h5-10H,4H2,1-3H3. The minimum atomic E-state index is -3.89. The second-order valence-corrected chi connectivity index (χ2v) is 7.05. The van der Waals surface area contributed by atoms with Crippen molar-refractivity contribution in [3.63, 3.8) is 0 Å². The van der Waals surface area contributed by atoms with Crippen LogP contribution >= 0.6 is 0 Å². The van der Waals surface area contributed by atoms with E-state index in [0.717, 1.165) is 15.2 Å². The summed E-state index contributed by atoms with van der Waals surface area (Å²) in [5.41, 5.74) is 2.80. The number of fused-ring (bicyclic) bond motifs is 1. The van der Waals surface area contributed by atoms with Gasteiger partial charge < -0.3 is 4.74 Å². The van der Waals surface area contributed by atoms with Crippen molar-refractivity contribution in [2.45, 2.75) is 25.7 Å². The third-order valence-electron chi connectivity index (χ3n) is 3.48. The molecule has 0 N–H and O–H groups in total. The molecule has 0 amide bonds. The van der Waals surface area contributed by atoms with Crippen molar-refractivity contribution in [1.82, 2.24) is 14.4 Å². The summed E-state index contributed by atoms with van der Waals surface area (Å²) in [6.07, 6.45) is 0. The van der Waals surface area contributed by atoms with Crippen molar-refractivity contribution in [3.8, 4) is 5.75 Å². The summed E-state index contributed by atoms with van der Waals surface area (Å²) < 4.78 is 32.5. The molecule has 0 spiro atoms. The van der Waals surface area contributed by atoms with Crippen LogP contribution in [0, 0.1) is 13.8 Å². The van der Waals surface area contributed by atoms with Crippen LogP contribution in [0.25, 0.3) is 11.0 Å². The van der Waals surface area contributed by atoms with Crippen molar-refractivity contribution in [1.29, 1.82) is 0 Å². The molecule has 1 aromatic heterocycles. The Labute approximate surface area is 134 Å². The first-order valence-corrected chi connectivity index (χ1v) is 8.68. The van der Waals surface area contributed by atoms with E-state index in [1.54, 1.807) is 24.3 Å². The lowest BCUT2D eigenvalue weighted by Crippen LogP contribution is -2.16. The van der Waals surface area contributed by atoms with Crippen molar-refractivity contribution in [3.05, 3.63) is 47.5 Å². The zero-order valence-corrected chi connectivity index (χ0v) is 14.0. The number of hydrogen-bond donors (Lipinski definition) is 0. The van der Waals surface area contributed by atoms with Crippen LogP contribution < -0.4 is 4.74 Å². The fraction of sp³-hybridized carbons (Fsp3) is 0.250. The quantitative estimate of drug-likeness (QED) is 0.735. The molecular weight excluding hydrogens is 314 g/mol. The van der Waals surface area contributed by atoms with E-state index in [1.807, 2.05) is 32.9 Å². The maximum Gasteiger partial charge on any atom is 0.288 e. The predicted molar refractivity (Wildman–Crippen MR) is 87.2 cm³/mol. The highest BCUT2D eigenvalue weighted by Crippen LogP contribution is 2.28. The maximum atomic E-state index is 13.0. The van der Waals surface area contributed by atoms with Crippen molar-refractivity contribution in [2.75, 3.05) is 6.61 Å². The van der Waals surface area contributed by atoms with Crippen LogP contribution in [-0.2, 0) is 10.0 Å². The van der Waals surface area contributed by atoms with E-state index in [9.17, 15) is 8.42 Å². The summed E-state index contributed by atoms with van der Waals surface area (Å²) in [6.45, 7) is 5.94. The van der Waals surface area contributed by atoms with Crippen LogP contribution in [0.4, 0.5) is 0 Å². The molecule has 0 bridgehead atoms. The first-order chi connectivity index (χ1) is 10.9. The molecule has 0 aliphatic rings. The second-order valence-electron chi connectivity index (χ2n) is 5.31. The highest BCUT2D eigenvalue weighted by Gasteiger charge is 2.25. The zero-order chi connectivity index (χ0) is 16.6. The van der Waals surface area contributed by atoms with Crippen LogP contribution in [0.3, 0.4) is 0 Å². The van der Waals surface area contributed by atoms with Crippen molar-refractivity contribution >= 4 is 21.1 Å². The highest BCUT2D eigenvalue weighted by atomic mass is 32.2. The molecule has 0 fully saturated rings.